The second-order valence-corrected chi connectivity index (χ2v) is 7.99. The summed E-state index contributed by atoms with van der Waals surface area (Å²) in [7, 11) is -4.14. The third kappa shape index (κ3) is 6.25. The molecule has 1 aromatic carbocycles. The van der Waals surface area contributed by atoms with Crippen molar-refractivity contribution in [1.82, 2.24) is 9.71 Å². The summed E-state index contributed by atoms with van der Waals surface area (Å²) in [6.45, 7) is 4.49. The first-order valence-corrected chi connectivity index (χ1v) is 10.9. The van der Waals surface area contributed by atoms with Gasteiger partial charge in [-0.05, 0) is 38.5 Å². The van der Waals surface area contributed by atoms with E-state index < -0.39 is 21.2 Å². The number of rotatable bonds is 11. The molecule has 0 spiro atoms. The molecule has 29 heavy (non-hydrogen) atoms. The number of hydrogen-bond donors (Lipinski definition) is 2. The largest absolute Gasteiger partial charge is 0.494 e. The molecule has 0 saturated heterocycles. The van der Waals surface area contributed by atoms with Crippen molar-refractivity contribution < 1.29 is 27.8 Å². The number of nitrogens with one attached hydrogen (secondary N) is 1. The standard InChI is InChI=1S/C20H26N2O6S/c1-3-27-14-16-10-9-15(13-21-16)20(24)22-29(25,26)19(11-12-23)17-7-5-6-8-18(17)28-4-2/h5-10,13,19,23H,3-4,11-12,14H2,1-2H3,(H,22,24). The van der Waals surface area contributed by atoms with Crippen molar-refractivity contribution >= 4 is 15.9 Å². The maximum Gasteiger partial charge on any atom is 0.266 e. The summed E-state index contributed by atoms with van der Waals surface area (Å²) < 4.78 is 38.7. The van der Waals surface area contributed by atoms with E-state index in [4.69, 9.17) is 9.47 Å². The van der Waals surface area contributed by atoms with Crippen molar-refractivity contribution in [2.24, 2.45) is 0 Å². The molecule has 0 radical (unpaired) electrons. The fraction of sp³-hybridized carbons (Fsp3) is 0.400. The Balaban J connectivity index is 2.23. The zero-order chi connectivity index (χ0) is 21.3. The molecule has 1 unspecified atom stereocenters. The number of benzene rings is 1. The van der Waals surface area contributed by atoms with E-state index in [-0.39, 0.29) is 18.6 Å². The number of carbonyl (C=O) groups is 1. The summed E-state index contributed by atoms with van der Waals surface area (Å²) in [6.07, 6.45) is 1.21. The van der Waals surface area contributed by atoms with Crippen molar-refractivity contribution in [1.29, 1.82) is 0 Å². The molecule has 9 heteroatoms. The average molecular weight is 423 g/mol. The number of aliphatic hydroxyl groups is 1. The molecule has 8 nitrogen and oxygen atoms in total. The quantitative estimate of drug-likeness (QED) is 0.570. The van der Waals surface area contributed by atoms with Crippen molar-refractivity contribution in [3.63, 3.8) is 0 Å². The molecule has 2 rings (SSSR count). The van der Waals surface area contributed by atoms with Crippen LogP contribution in [-0.4, -0.2) is 44.2 Å². The summed E-state index contributed by atoms with van der Waals surface area (Å²) in [4.78, 5) is 16.6. The molecule has 1 amide bonds. The van der Waals surface area contributed by atoms with E-state index in [9.17, 15) is 18.3 Å². The molecule has 1 atom stereocenters. The van der Waals surface area contributed by atoms with Crippen LogP contribution in [0.3, 0.4) is 0 Å². The van der Waals surface area contributed by atoms with Crippen molar-refractivity contribution in [3.05, 3.63) is 59.4 Å². The smallest absolute Gasteiger partial charge is 0.266 e. The van der Waals surface area contributed by atoms with Gasteiger partial charge in [0.25, 0.3) is 5.91 Å². The first kappa shape index (κ1) is 22.8. The first-order chi connectivity index (χ1) is 13.9. The Morgan fingerprint density at radius 3 is 2.55 bits per heavy atom. The first-order valence-electron chi connectivity index (χ1n) is 9.34. The Morgan fingerprint density at radius 2 is 1.93 bits per heavy atom. The second kappa shape index (κ2) is 10.9. The lowest BCUT2D eigenvalue weighted by atomic mass is 10.1. The predicted molar refractivity (Wildman–Crippen MR) is 108 cm³/mol. The molecule has 0 aliphatic rings. The summed E-state index contributed by atoms with van der Waals surface area (Å²) >= 11 is 0. The van der Waals surface area contributed by atoms with Gasteiger partial charge in [-0.25, -0.2) is 13.1 Å². The molecular formula is C20H26N2O6S. The Kier molecular flexibility index (Phi) is 8.56. The van der Waals surface area contributed by atoms with Crippen LogP contribution in [0.15, 0.2) is 42.6 Å². The second-order valence-electron chi connectivity index (χ2n) is 6.12. The van der Waals surface area contributed by atoms with Crippen molar-refractivity contribution in [2.75, 3.05) is 19.8 Å². The van der Waals surface area contributed by atoms with Gasteiger partial charge in [-0.2, -0.15) is 0 Å². The fourth-order valence-electron chi connectivity index (χ4n) is 2.74. The van der Waals surface area contributed by atoms with Crippen LogP contribution >= 0.6 is 0 Å². The molecule has 0 bridgehead atoms. The van der Waals surface area contributed by atoms with Crippen LogP contribution in [0.2, 0.25) is 0 Å². The highest BCUT2D eigenvalue weighted by atomic mass is 32.2. The summed E-state index contributed by atoms with van der Waals surface area (Å²) in [5.74, 6) is -0.398. The van der Waals surface area contributed by atoms with E-state index in [2.05, 4.69) is 9.71 Å². The highest BCUT2D eigenvalue weighted by molar-refractivity contribution is 7.90. The van der Waals surface area contributed by atoms with E-state index in [1.807, 2.05) is 6.92 Å². The Labute approximate surface area is 170 Å². The van der Waals surface area contributed by atoms with E-state index in [1.165, 1.54) is 12.3 Å². The summed E-state index contributed by atoms with van der Waals surface area (Å²) in [6, 6.07) is 9.76. The number of pyridine rings is 1. The van der Waals surface area contributed by atoms with Crippen LogP contribution in [-0.2, 0) is 21.4 Å². The molecule has 0 saturated carbocycles. The third-order valence-corrected chi connectivity index (χ3v) is 5.82. The number of aromatic nitrogens is 1. The number of carbonyl (C=O) groups excluding carboxylic acids is 1. The number of para-hydroxylation sites is 1. The fourth-order valence-corrected chi connectivity index (χ4v) is 4.20. The minimum Gasteiger partial charge on any atom is -0.494 e. The normalized spacial score (nSPS) is 12.4. The SMILES string of the molecule is CCOCc1ccc(C(=O)NS(=O)(=O)C(CCO)c2ccccc2OCC)cn1. The lowest BCUT2D eigenvalue weighted by Gasteiger charge is -2.20. The highest BCUT2D eigenvalue weighted by Gasteiger charge is 2.31. The van der Waals surface area contributed by atoms with Gasteiger partial charge in [0.1, 0.15) is 11.0 Å². The lowest BCUT2D eigenvalue weighted by molar-refractivity contribution is 0.0980. The van der Waals surface area contributed by atoms with Gasteiger partial charge >= 0.3 is 0 Å². The Bertz CT molecular complexity index is 899. The molecule has 0 aliphatic carbocycles. The molecule has 0 fully saturated rings. The minimum absolute atomic E-state index is 0.0851. The van der Waals surface area contributed by atoms with Crippen LogP contribution < -0.4 is 9.46 Å². The topological polar surface area (TPSA) is 115 Å². The zero-order valence-electron chi connectivity index (χ0n) is 16.5. The summed E-state index contributed by atoms with van der Waals surface area (Å²) in [5, 5.41) is 8.25. The van der Waals surface area contributed by atoms with Gasteiger partial charge in [0.05, 0.1) is 24.5 Å². The van der Waals surface area contributed by atoms with E-state index in [0.717, 1.165) is 0 Å². The molecule has 2 aromatic rings. The maximum atomic E-state index is 12.9. The van der Waals surface area contributed by atoms with Gasteiger partial charge in [-0.15, -0.1) is 0 Å². The number of amides is 1. The summed E-state index contributed by atoms with van der Waals surface area (Å²) in [5.41, 5.74) is 1.12. The number of nitrogens with zero attached hydrogens (tertiary/aromatic N) is 1. The van der Waals surface area contributed by atoms with Crippen LogP contribution in [0.25, 0.3) is 0 Å². The van der Waals surface area contributed by atoms with Gasteiger partial charge in [0.15, 0.2) is 0 Å². The predicted octanol–water partition coefficient (Wildman–Crippen LogP) is 2.20. The van der Waals surface area contributed by atoms with Crippen LogP contribution in [0.5, 0.6) is 5.75 Å². The molecule has 158 valence electrons. The monoisotopic (exact) mass is 422 g/mol. The van der Waals surface area contributed by atoms with Gasteiger partial charge in [0.2, 0.25) is 10.0 Å². The van der Waals surface area contributed by atoms with Crippen LogP contribution in [0.1, 0.15) is 47.1 Å². The van der Waals surface area contributed by atoms with E-state index >= 15 is 0 Å². The van der Waals surface area contributed by atoms with Crippen molar-refractivity contribution in [3.8, 4) is 5.75 Å². The Hall–Kier alpha value is -2.49. The van der Waals surface area contributed by atoms with Crippen LogP contribution in [0.4, 0.5) is 0 Å². The van der Waals surface area contributed by atoms with Gasteiger partial charge < -0.3 is 14.6 Å². The van der Waals surface area contributed by atoms with Gasteiger partial charge in [0, 0.05) is 25.0 Å². The highest BCUT2D eigenvalue weighted by Crippen LogP contribution is 2.32. The zero-order valence-corrected chi connectivity index (χ0v) is 17.3. The Morgan fingerprint density at radius 1 is 1.17 bits per heavy atom. The number of aliphatic hydroxyl groups excluding tert-OH is 1. The minimum atomic E-state index is -4.14. The molecule has 0 aliphatic heterocycles. The van der Waals surface area contributed by atoms with Gasteiger partial charge in [-0.3, -0.25) is 9.78 Å². The van der Waals surface area contributed by atoms with Gasteiger partial charge in [-0.1, -0.05) is 18.2 Å². The average Bonchev–Trinajstić information content (AvgIpc) is 2.71. The van der Waals surface area contributed by atoms with E-state index in [0.29, 0.717) is 36.8 Å². The number of hydrogen-bond acceptors (Lipinski definition) is 7. The molecular weight excluding hydrogens is 396 g/mol. The lowest BCUT2D eigenvalue weighted by Crippen LogP contribution is -2.35. The third-order valence-electron chi connectivity index (χ3n) is 4.11. The number of sulfonamides is 1. The van der Waals surface area contributed by atoms with Crippen molar-refractivity contribution in [2.45, 2.75) is 32.1 Å². The number of ether oxygens (including phenoxy) is 2. The molecule has 1 heterocycles. The van der Waals surface area contributed by atoms with E-state index in [1.54, 1.807) is 37.3 Å². The maximum absolute atomic E-state index is 12.9. The molecule has 1 aromatic heterocycles. The van der Waals surface area contributed by atoms with Crippen LogP contribution in [0, 0.1) is 0 Å². The molecule has 2 N–H and O–H groups in total.